The molecule has 0 fully saturated rings. The number of anilines is 2. The first-order valence-electron chi connectivity index (χ1n) is 6.75. The summed E-state index contributed by atoms with van der Waals surface area (Å²) < 4.78 is 11.7. The standard InChI is InChI=1S/C17H15BrN2O2/c1-21-16-9-11-13(20-14-6-4-3-5-12(14)18)7-8-19-15(11)10-17(16)22-2/h3-10H,1-2H3,(H,19,20). The summed E-state index contributed by atoms with van der Waals surface area (Å²) in [5, 5.41) is 4.39. The van der Waals surface area contributed by atoms with Gasteiger partial charge in [0.1, 0.15) is 0 Å². The van der Waals surface area contributed by atoms with Crippen LogP contribution in [-0.2, 0) is 0 Å². The van der Waals surface area contributed by atoms with Crippen LogP contribution in [0.5, 0.6) is 11.5 Å². The Labute approximate surface area is 137 Å². The Morgan fingerprint density at radius 2 is 1.68 bits per heavy atom. The fourth-order valence-electron chi connectivity index (χ4n) is 2.29. The molecule has 0 atom stereocenters. The van der Waals surface area contributed by atoms with Crippen molar-refractivity contribution in [3.8, 4) is 11.5 Å². The predicted octanol–water partition coefficient (Wildman–Crippen LogP) is 4.76. The Morgan fingerprint density at radius 1 is 0.955 bits per heavy atom. The first-order chi connectivity index (χ1) is 10.7. The minimum Gasteiger partial charge on any atom is -0.493 e. The number of nitrogens with zero attached hydrogens (tertiary/aromatic N) is 1. The van der Waals surface area contributed by atoms with Crippen LogP contribution >= 0.6 is 15.9 Å². The number of halogens is 1. The van der Waals surface area contributed by atoms with Crippen molar-refractivity contribution >= 4 is 38.2 Å². The van der Waals surface area contributed by atoms with Crippen LogP contribution in [0.4, 0.5) is 11.4 Å². The van der Waals surface area contributed by atoms with Gasteiger partial charge in [-0.25, -0.2) is 0 Å². The zero-order valence-corrected chi connectivity index (χ0v) is 13.8. The minimum absolute atomic E-state index is 0.667. The molecule has 1 heterocycles. The van der Waals surface area contributed by atoms with Gasteiger partial charge < -0.3 is 14.8 Å². The molecular weight excluding hydrogens is 344 g/mol. The lowest BCUT2D eigenvalue weighted by atomic mass is 10.1. The van der Waals surface area contributed by atoms with E-state index in [-0.39, 0.29) is 0 Å². The van der Waals surface area contributed by atoms with E-state index in [2.05, 4.69) is 26.2 Å². The summed E-state index contributed by atoms with van der Waals surface area (Å²) in [6, 6.07) is 13.7. The fraction of sp³-hybridized carbons (Fsp3) is 0.118. The smallest absolute Gasteiger partial charge is 0.162 e. The topological polar surface area (TPSA) is 43.4 Å². The number of rotatable bonds is 4. The molecule has 0 aliphatic heterocycles. The zero-order valence-electron chi connectivity index (χ0n) is 12.3. The number of pyridine rings is 1. The van der Waals surface area contributed by atoms with E-state index in [0.29, 0.717) is 11.5 Å². The molecule has 112 valence electrons. The summed E-state index contributed by atoms with van der Waals surface area (Å²) in [5.74, 6) is 1.35. The van der Waals surface area contributed by atoms with Gasteiger partial charge in [0, 0.05) is 27.8 Å². The van der Waals surface area contributed by atoms with Crippen LogP contribution < -0.4 is 14.8 Å². The molecular formula is C17H15BrN2O2. The molecule has 0 saturated heterocycles. The lowest BCUT2D eigenvalue weighted by Crippen LogP contribution is -1.96. The summed E-state index contributed by atoms with van der Waals surface area (Å²) in [6.07, 6.45) is 1.77. The quantitative estimate of drug-likeness (QED) is 0.730. The van der Waals surface area contributed by atoms with Crippen LogP contribution in [-0.4, -0.2) is 19.2 Å². The third-order valence-electron chi connectivity index (χ3n) is 3.39. The van der Waals surface area contributed by atoms with E-state index < -0.39 is 0 Å². The number of aromatic nitrogens is 1. The van der Waals surface area contributed by atoms with Crippen molar-refractivity contribution in [1.82, 2.24) is 4.98 Å². The highest BCUT2D eigenvalue weighted by molar-refractivity contribution is 9.10. The van der Waals surface area contributed by atoms with Gasteiger partial charge in [-0.3, -0.25) is 4.98 Å². The average molecular weight is 359 g/mol. The van der Waals surface area contributed by atoms with Crippen LogP contribution in [0.15, 0.2) is 53.1 Å². The second kappa shape index (κ2) is 6.23. The third kappa shape index (κ3) is 2.72. The molecule has 0 radical (unpaired) electrons. The van der Waals surface area contributed by atoms with Gasteiger partial charge in [-0.1, -0.05) is 12.1 Å². The molecule has 22 heavy (non-hydrogen) atoms. The van der Waals surface area contributed by atoms with Crippen molar-refractivity contribution in [3.05, 3.63) is 53.1 Å². The van der Waals surface area contributed by atoms with E-state index in [1.165, 1.54) is 0 Å². The summed E-state index contributed by atoms with van der Waals surface area (Å²) in [5.41, 5.74) is 2.79. The second-order valence-corrected chi connectivity index (χ2v) is 5.54. The van der Waals surface area contributed by atoms with Crippen molar-refractivity contribution in [1.29, 1.82) is 0 Å². The lowest BCUT2D eigenvalue weighted by molar-refractivity contribution is 0.356. The molecule has 0 unspecified atom stereocenters. The van der Waals surface area contributed by atoms with Crippen LogP contribution in [0.25, 0.3) is 10.9 Å². The van der Waals surface area contributed by atoms with Crippen LogP contribution in [0, 0.1) is 0 Å². The second-order valence-electron chi connectivity index (χ2n) is 4.69. The molecule has 2 aromatic carbocycles. The number of benzene rings is 2. The Kier molecular flexibility index (Phi) is 4.15. The van der Waals surface area contributed by atoms with E-state index in [4.69, 9.17) is 9.47 Å². The van der Waals surface area contributed by atoms with E-state index in [1.54, 1.807) is 20.4 Å². The molecule has 0 aliphatic rings. The molecule has 5 heteroatoms. The van der Waals surface area contributed by atoms with E-state index >= 15 is 0 Å². The zero-order chi connectivity index (χ0) is 15.5. The van der Waals surface area contributed by atoms with Gasteiger partial charge in [0.15, 0.2) is 11.5 Å². The lowest BCUT2D eigenvalue weighted by Gasteiger charge is -2.13. The Bertz CT molecular complexity index is 821. The Morgan fingerprint density at radius 3 is 2.41 bits per heavy atom. The number of methoxy groups -OCH3 is 2. The van der Waals surface area contributed by atoms with Crippen molar-refractivity contribution < 1.29 is 9.47 Å². The maximum absolute atomic E-state index is 5.38. The van der Waals surface area contributed by atoms with Crippen molar-refractivity contribution in [2.75, 3.05) is 19.5 Å². The number of nitrogens with one attached hydrogen (secondary N) is 1. The van der Waals surface area contributed by atoms with Gasteiger partial charge >= 0.3 is 0 Å². The number of fused-ring (bicyclic) bond motifs is 1. The molecule has 0 saturated carbocycles. The highest BCUT2D eigenvalue weighted by Crippen LogP contribution is 2.36. The van der Waals surface area contributed by atoms with Crippen molar-refractivity contribution in [2.45, 2.75) is 0 Å². The molecule has 1 aromatic heterocycles. The summed E-state index contributed by atoms with van der Waals surface area (Å²) in [6.45, 7) is 0. The molecule has 4 nitrogen and oxygen atoms in total. The van der Waals surface area contributed by atoms with Crippen LogP contribution in [0.2, 0.25) is 0 Å². The number of hydrogen-bond donors (Lipinski definition) is 1. The molecule has 1 N–H and O–H groups in total. The van der Waals surface area contributed by atoms with Gasteiger partial charge in [-0.15, -0.1) is 0 Å². The molecule has 0 aliphatic carbocycles. The summed E-state index contributed by atoms with van der Waals surface area (Å²) >= 11 is 3.55. The Hall–Kier alpha value is -2.27. The summed E-state index contributed by atoms with van der Waals surface area (Å²) in [4.78, 5) is 4.40. The first kappa shape index (κ1) is 14.7. The highest BCUT2D eigenvalue weighted by Gasteiger charge is 2.10. The first-order valence-corrected chi connectivity index (χ1v) is 7.54. The van der Waals surface area contributed by atoms with Crippen molar-refractivity contribution in [2.24, 2.45) is 0 Å². The largest absolute Gasteiger partial charge is 0.493 e. The minimum atomic E-state index is 0.667. The molecule has 0 bridgehead atoms. The molecule has 3 aromatic rings. The van der Waals surface area contributed by atoms with Gasteiger partial charge in [0.25, 0.3) is 0 Å². The maximum atomic E-state index is 5.38. The number of hydrogen-bond acceptors (Lipinski definition) is 4. The average Bonchev–Trinajstić information content (AvgIpc) is 2.56. The SMILES string of the molecule is COc1cc2nccc(Nc3ccccc3Br)c2cc1OC. The van der Waals surface area contributed by atoms with E-state index in [1.807, 2.05) is 42.5 Å². The predicted molar refractivity (Wildman–Crippen MR) is 92.3 cm³/mol. The van der Waals surface area contributed by atoms with Gasteiger partial charge in [0.2, 0.25) is 0 Å². The van der Waals surface area contributed by atoms with E-state index in [0.717, 1.165) is 26.8 Å². The highest BCUT2D eigenvalue weighted by atomic mass is 79.9. The number of para-hydroxylation sites is 1. The van der Waals surface area contributed by atoms with Gasteiger partial charge in [-0.2, -0.15) is 0 Å². The number of ether oxygens (including phenoxy) is 2. The Balaban J connectivity index is 2.12. The summed E-state index contributed by atoms with van der Waals surface area (Å²) in [7, 11) is 3.24. The van der Waals surface area contributed by atoms with Crippen LogP contribution in [0.3, 0.4) is 0 Å². The van der Waals surface area contributed by atoms with E-state index in [9.17, 15) is 0 Å². The van der Waals surface area contributed by atoms with Crippen LogP contribution in [0.1, 0.15) is 0 Å². The molecule has 0 spiro atoms. The normalized spacial score (nSPS) is 10.5. The maximum Gasteiger partial charge on any atom is 0.162 e. The third-order valence-corrected chi connectivity index (χ3v) is 4.08. The fourth-order valence-corrected chi connectivity index (χ4v) is 2.67. The molecule has 0 amide bonds. The van der Waals surface area contributed by atoms with Gasteiger partial charge in [0.05, 0.1) is 25.4 Å². The van der Waals surface area contributed by atoms with Gasteiger partial charge in [-0.05, 0) is 40.2 Å². The van der Waals surface area contributed by atoms with Crippen molar-refractivity contribution in [3.63, 3.8) is 0 Å². The molecule has 3 rings (SSSR count). The monoisotopic (exact) mass is 358 g/mol.